The van der Waals surface area contributed by atoms with E-state index in [-0.39, 0.29) is 13.2 Å². The van der Waals surface area contributed by atoms with Gasteiger partial charge in [0.05, 0.1) is 6.54 Å². The third kappa shape index (κ3) is 2.65. The fraction of sp³-hybridized carbons (Fsp3) is 0.176. The number of fused-ring (bicyclic) bond motifs is 3. The van der Waals surface area contributed by atoms with Gasteiger partial charge in [0.25, 0.3) is 0 Å². The number of hydrogen-bond donors (Lipinski definition) is 1. The van der Waals surface area contributed by atoms with Gasteiger partial charge in [0.15, 0.2) is 0 Å². The van der Waals surface area contributed by atoms with E-state index in [0.717, 1.165) is 12.0 Å². The molecule has 1 amide bonds. The van der Waals surface area contributed by atoms with E-state index >= 15 is 0 Å². The van der Waals surface area contributed by atoms with Crippen molar-refractivity contribution in [2.45, 2.75) is 13.0 Å². The van der Waals surface area contributed by atoms with Crippen LogP contribution in [0.25, 0.3) is 11.1 Å². The highest BCUT2D eigenvalue weighted by Gasteiger charge is 2.20. The number of carbonyl (C=O) groups excluding carboxylic acids is 2. The van der Waals surface area contributed by atoms with Gasteiger partial charge in [-0.3, -0.25) is 0 Å². The summed E-state index contributed by atoms with van der Waals surface area (Å²) in [6, 6.07) is 14.3. The monoisotopic (exact) mass is 281 g/mol. The van der Waals surface area contributed by atoms with Gasteiger partial charge in [0.1, 0.15) is 12.9 Å². The van der Waals surface area contributed by atoms with Crippen LogP contribution in [0.15, 0.2) is 42.5 Å². The van der Waals surface area contributed by atoms with Gasteiger partial charge < -0.3 is 14.8 Å². The Labute approximate surface area is 122 Å². The minimum atomic E-state index is -0.574. The molecule has 0 fully saturated rings. The molecule has 2 aromatic rings. The van der Waals surface area contributed by atoms with Crippen molar-refractivity contribution in [2.75, 3.05) is 6.54 Å². The van der Waals surface area contributed by atoms with Crippen molar-refractivity contribution < 1.29 is 14.3 Å². The topological polar surface area (TPSA) is 55.4 Å². The second kappa shape index (κ2) is 5.79. The van der Waals surface area contributed by atoms with E-state index in [4.69, 9.17) is 4.74 Å². The minimum Gasteiger partial charge on any atom is -0.445 e. The average molecular weight is 281 g/mol. The van der Waals surface area contributed by atoms with E-state index in [2.05, 4.69) is 23.5 Å². The van der Waals surface area contributed by atoms with Gasteiger partial charge in [-0.2, -0.15) is 0 Å². The van der Waals surface area contributed by atoms with Gasteiger partial charge in [-0.05, 0) is 34.2 Å². The Kier molecular flexibility index (Phi) is 3.69. The van der Waals surface area contributed by atoms with Crippen LogP contribution in [-0.4, -0.2) is 18.9 Å². The first-order valence-electron chi connectivity index (χ1n) is 6.83. The summed E-state index contributed by atoms with van der Waals surface area (Å²) in [6.45, 7) is 0.180. The van der Waals surface area contributed by atoms with Crippen LogP contribution >= 0.6 is 0 Å². The second-order valence-corrected chi connectivity index (χ2v) is 4.90. The Morgan fingerprint density at radius 2 is 1.95 bits per heavy atom. The molecule has 0 radical (unpaired) electrons. The summed E-state index contributed by atoms with van der Waals surface area (Å²) in [5.41, 5.74) is 5.97. The highest BCUT2D eigenvalue weighted by molar-refractivity contribution is 5.78. The molecule has 0 saturated heterocycles. The van der Waals surface area contributed by atoms with Crippen LogP contribution in [0.2, 0.25) is 0 Å². The van der Waals surface area contributed by atoms with Gasteiger partial charge in [-0.25, -0.2) is 4.79 Å². The third-order valence-corrected chi connectivity index (χ3v) is 3.64. The van der Waals surface area contributed by atoms with E-state index < -0.39 is 6.09 Å². The molecule has 0 aliphatic heterocycles. The smallest absolute Gasteiger partial charge is 0.407 e. The van der Waals surface area contributed by atoms with E-state index in [1.807, 2.05) is 24.3 Å². The number of nitrogens with one attached hydrogen (secondary N) is 1. The van der Waals surface area contributed by atoms with Crippen LogP contribution in [0.1, 0.15) is 16.7 Å². The summed E-state index contributed by atoms with van der Waals surface area (Å²) in [5, 5.41) is 2.36. The average Bonchev–Trinajstić information content (AvgIpc) is 2.90. The first kappa shape index (κ1) is 13.4. The van der Waals surface area contributed by atoms with Crippen molar-refractivity contribution in [3.05, 3.63) is 59.2 Å². The highest BCUT2D eigenvalue weighted by Crippen LogP contribution is 2.38. The molecular weight excluding hydrogens is 266 g/mol. The van der Waals surface area contributed by atoms with E-state index in [0.29, 0.717) is 6.29 Å². The summed E-state index contributed by atoms with van der Waals surface area (Å²) in [5.74, 6) is 0. The lowest BCUT2D eigenvalue weighted by Crippen LogP contribution is -2.25. The first-order valence-corrected chi connectivity index (χ1v) is 6.83. The predicted molar refractivity (Wildman–Crippen MR) is 78.9 cm³/mol. The van der Waals surface area contributed by atoms with Gasteiger partial charge >= 0.3 is 6.09 Å². The Bertz CT molecular complexity index is 694. The fourth-order valence-electron chi connectivity index (χ4n) is 2.68. The van der Waals surface area contributed by atoms with Crippen LogP contribution in [0, 0.1) is 0 Å². The molecular formula is C17H15NO3. The van der Waals surface area contributed by atoms with E-state index in [9.17, 15) is 9.59 Å². The lowest BCUT2D eigenvalue weighted by Gasteiger charge is -2.09. The van der Waals surface area contributed by atoms with Gasteiger partial charge in [0, 0.05) is 0 Å². The highest BCUT2D eigenvalue weighted by atomic mass is 16.5. The van der Waals surface area contributed by atoms with Crippen molar-refractivity contribution in [2.24, 2.45) is 0 Å². The number of amides is 1. The Balaban J connectivity index is 1.77. The molecule has 1 aliphatic carbocycles. The summed E-state index contributed by atoms with van der Waals surface area (Å²) < 4.78 is 5.15. The zero-order valence-corrected chi connectivity index (χ0v) is 11.5. The zero-order valence-electron chi connectivity index (χ0n) is 11.5. The lowest BCUT2D eigenvalue weighted by molar-refractivity contribution is -0.107. The Morgan fingerprint density at radius 3 is 2.81 bits per heavy atom. The molecule has 2 aromatic carbocycles. The number of carbonyl (C=O) groups is 2. The maximum absolute atomic E-state index is 11.4. The number of rotatable bonds is 4. The van der Waals surface area contributed by atoms with Crippen molar-refractivity contribution in [3.8, 4) is 11.1 Å². The lowest BCUT2D eigenvalue weighted by atomic mass is 10.0. The van der Waals surface area contributed by atoms with Crippen LogP contribution in [0.4, 0.5) is 4.79 Å². The van der Waals surface area contributed by atoms with Crippen LogP contribution in [-0.2, 0) is 22.6 Å². The van der Waals surface area contributed by atoms with Crippen molar-refractivity contribution in [1.82, 2.24) is 5.32 Å². The van der Waals surface area contributed by atoms with Crippen molar-refractivity contribution >= 4 is 12.4 Å². The fourth-order valence-corrected chi connectivity index (χ4v) is 2.68. The Hall–Kier alpha value is -2.62. The normalized spacial score (nSPS) is 11.4. The van der Waals surface area contributed by atoms with Crippen molar-refractivity contribution in [3.63, 3.8) is 0 Å². The number of alkyl carbamates (subject to hydrolysis) is 1. The van der Waals surface area contributed by atoms with E-state index in [1.165, 1.54) is 22.3 Å². The minimum absolute atomic E-state index is 0.0306. The summed E-state index contributed by atoms with van der Waals surface area (Å²) in [7, 11) is 0. The van der Waals surface area contributed by atoms with Crippen LogP contribution < -0.4 is 5.32 Å². The molecule has 3 rings (SSSR count). The van der Waals surface area contributed by atoms with Gasteiger partial charge in [-0.1, -0.05) is 42.5 Å². The number of aldehydes is 1. The number of ether oxygens (including phenoxy) is 1. The maximum Gasteiger partial charge on any atom is 0.407 e. The maximum atomic E-state index is 11.4. The second-order valence-electron chi connectivity index (χ2n) is 4.90. The molecule has 0 unspecified atom stereocenters. The molecule has 21 heavy (non-hydrogen) atoms. The molecule has 106 valence electrons. The van der Waals surface area contributed by atoms with Crippen LogP contribution in [0.3, 0.4) is 0 Å². The summed E-state index contributed by atoms with van der Waals surface area (Å²) in [4.78, 5) is 21.6. The zero-order chi connectivity index (χ0) is 14.7. The molecule has 0 aromatic heterocycles. The largest absolute Gasteiger partial charge is 0.445 e. The molecule has 0 spiro atoms. The van der Waals surface area contributed by atoms with Crippen LogP contribution in [0.5, 0.6) is 0 Å². The molecule has 1 N–H and O–H groups in total. The standard InChI is InChI=1S/C17H15NO3/c19-9-8-18-17(20)21-11-13-5-3-7-15-14-6-2-1-4-12(14)10-16(13)15/h1-7,9H,8,10-11H2,(H,18,20). The summed E-state index contributed by atoms with van der Waals surface area (Å²) in [6.07, 6.45) is 0.911. The molecule has 1 aliphatic rings. The predicted octanol–water partition coefficient (Wildman–Crippen LogP) is 2.68. The quantitative estimate of drug-likeness (QED) is 0.748. The molecule has 0 heterocycles. The summed E-state index contributed by atoms with van der Waals surface area (Å²) >= 11 is 0. The molecule has 0 atom stereocenters. The first-order chi connectivity index (χ1) is 10.3. The van der Waals surface area contributed by atoms with Gasteiger partial charge in [-0.15, -0.1) is 0 Å². The Morgan fingerprint density at radius 1 is 1.14 bits per heavy atom. The van der Waals surface area contributed by atoms with E-state index in [1.54, 1.807) is 0 Å². The van der Waals surface area contributed by atoms with Crippen molar-refractivity contribution in [1.29, 1.82) is 0 Å². The molecule has 0 bridgehead atoms. The SMILES string of the molecule is O=CCNC(=O)OCc1cccc2c1Cc1ccccc1-2. The number of benzene rings is 2. The molecule has 4 nitrogen and oxygen atoms in total. The molecule has 0 saturated carbocycles. The number of hydrogen-bond acceptors (Lipinski definition) is 3. The van der Waals surface area contributed by atoms with Gasteiger partial charge in [0.2, 0.25) is 0 Å². The molecule has 4 heteroatoms. The third-order valence-electron chi connectivity index (χ3n) is 3.64.